The van der Waals surface area contributed by atoms with Gasteiger partial charge < -0.3 is 9.74 Å². The maximum Gasteiger partial charge on any atom is 0.162 e. The number of hydrogen-bond acceptors (Lipinski definition) is 2. The Bertz CT molecular complexity index is 90.6. The average Bonchev–Trinajstić information content (AvgIpc) is 1.85. The molecule has 0 aliphatic rings. The van der Waals surface area contributed by atoms with Gasteiger partial charge >= 0.3 is 0 Å². The molecule has 0 saturated heterocycles. The van der Waals surface area contributed by atoms with Crippen LogP contribution in [0.2, 0.25) is 6.04 Å². The van der Waals surface area contributed by atoms with Gasteiger partial charge in [0.25, 0.3) is 0 Å². The van der Waals surface area contributed by atoms with Crippen LogP contribution in [-0.4, -0.2) is 29.0 Å². The molecule has 0 heterocycles. The average molecular weight is 175 g/mol. The zero-order chi connectivity index (χ0) is 8.74. The second kappa shape index (κ2) is 5.74. The lowest BCUT2D eigenvalue weighted by Crippen LogP contribution is -2.22. The first kappa shape index (κ1) is 11.1. The molecule has 0 aliphatic carbocycles. The highest BCUT2D eigenvalue weighted by molar-refractivity contribution is 6.27. The SMILES string of the molecule is CNCCC[SiH2]OC(C)(C)C. The molecule has 68 valence electrons. The maximum atomic E-state index is 5.69. The van der Waals surface area contributed by atoms with E-state index in [0.717, 1.165) is 6.54 Å². The molecule has 0 unspecified atom stereocenters. The molecule has 0 aromatic rings. The molecule has 0 aromatic heterocycles. The lowest BCUT2D eigenvalue weighted by Gasteiger charge is -2.19. The summed E-state index contributed by atoms with van der Waals surface area (Å²) in [7, 11) is 1.74. The summed E-state index contributed by atoms with van der Waals surface area (Å²) < 4.78 is 5.69. The second-order valence-corrected chi connectivity index (χ2v) is 5.18. The fourth-order valence-electron chi connectivity index (χ4n) is 0.782. The van der Waals surface area contributed by atoms with E-state index in [4.69, 9.17) is 4.43 Å². The Morgan fingerprint density at radius 2 is 2.00 bits per heavy atom. The Morgan fingerprint density at radius 3 is 2.45 bits per heavy atom. The smallest absolute Gasteiger partial charge is 0.162 e. The van der Waals surface area contributed by atoms with Crippen molar-refractivity contribution >= 4 is 9.76 Å². The predicted octanol–water partition coefficient (Wildman–Crippen LogP) is 0.913. The van der Waals surface area contributed by atoms with Crippen LogP contribution in [0.5, 0.6) is 0 Å². The summed E-state index contributed by atoms with van der Waals surface area (Å²) in [5.74, 6) is 0. The van der Waals surface area contributed by atoms with Gasteiger partial charge in [-0.1, -0.05) is 0 Å². The molecular weight excluding hydrogens is 154 g/mol. The summed E-state index contributed by atoms with van der Waals surface area (Å²) in [5.41, 5.74) is 0.0892. The van der Waals surface area contributed by atoms with Gasteiger partial charge in [0.15, 0.2) is 9.76 Å². The van der Waals surface area contributed by atoms with Crippen LogP contribution in [0.15, 0.2) is 0 Å². The van der Waals surface area contributed by atoms with Crippen molar-refractivity contribution in [2.45, 2.75) is 38.8 Å². The standard InChI is InChI=1S/C8H21NOSi/c1-8(2,3)10-11-7-5-6-9-4/h9H,5-7,11H2,1-4H3. The Morgan fingerprint density at radius 1 is 1.36 bits per heavy atom. The Hall–Kier alpha value is 0.137. The van der Waals surface area contributed by atoms with Crippen LogP contribution in [-0.2, 0) is 4.43 Å². The van der Waals surface area contributed by atoms with Gasteiger partial charge in [0.1, 0.15) is 0 Å². The van der Waals surface area contributed by atoms with Gasteiger partial charge in [0.2, 0.25) is 0 Å². The molecule has 0 fully saturated rings. The van der Waals surface area contributed by atoms with Crippen molar-refractivity contribution in [1.82, 2.24) is 5.32 Å². The first-order valence-corrected chi connectivity index (χ1v) is 5.92. The van der Waals surface area contributed by atoms with Gasteiger partial charge in [0, 0.05) is 5.60 Å². The van der Waals surface area contributed by atoms with E-state index in [0.29, 0.717) is 0 Å². The molecule has 0 bridgehead atoms. The van der Waals surface area contributed by atoms with E-state index in [1.165, 1.54) is 12.5 Å². The number of nitrogens with one attached hydrogen (secondary N) is 1. The molecule has 0 rings (SSSR count). The Labute approximate surface area is 72.7 Å². The van der Waals surface area contributed by atoms with E-state index < -0.39 is 0 Å². The minimum atomic E-state index is -0.253. The van der Waals surface area contributed by atoms with Gasteiger partial charge in [-0.3, -0.25) is 0 Å². The number of hydrogen-bond donors (Lipinski definition) is 1. The van der Waals surface area contributed by atoms with Crippen molar-refractivity contribution < 1.29 is 4.43 Å². The van der Waals surface area contributed by atoms with Gasteiger partial charge in [-0.2, -0.15) is 0 Å². The molecule has 0 spiro atoms. The van der Waals surface area contributed by atoms with E-state index >= 15 is 0 Å². The van der Waals surface area contributed by atoms with E-state index in [9.17, 15) is 0 Å². The van der Waals surface area contributed by atoms with Crippen LogP contribution in [0.4, 0.5) is 0 Å². The highest BCUT2D eigenvalue weighted by Crippen LogP contribution is 2.06. The third kappa shape index (κ3) is 10.1. The molecule has 0 saturated carbocycles. The molecule has 0 radical (unpaired) electrons. The van der Waals surface area contributed by atoms with Crippen LogP contribution < -0.4 is 5.32 Å². The van der Waals surface area contributed by atoms with Crippen molar-refractivity contribution in [3.8, 4) is 0 Å². The van der Waals surface area contributed by atoms with Crippen molar-refractivity contribution in [2.24, 2.45) is 0 Å². The summed E-state index contributed by atoms with van der Waals surface area (Å²) in [6.45, 7) is 7.49. The molecule has 0 aliphatic heterocycles. The van der Waals surface area contributed by atoms with Crippen LogP contribution in [0.1, 0.15) is 27.2 Å². The van der Waals surface area contributed by atoms with E-state index in [1.807, 2.05) is 7.05 Å². The molecule has 3 heteroatoms. The number of rotatable bonds is 5. The summed E-state index contributed by atoms with van der Waals surface area (Å²) in [4.78, 5) is 0. The molecule has 11 heavy (non-hydrogen) atoms. The Kier molecular flexibility index (Phi) is 5.82. The summed E-state index contributed by atoms with van der Waals surface area (Å²) in [5, 5.41) is 3.13. The van der Waals surface area contributed by atoms with Crippen LogP contribution in [0.25, 0.3) is 0 Å². The summed E-state index contributed by atoms with van der Waals surface area (Å²) >= 11 is 0. The van der Waals surface area contributed by atoms with Gasteiger partial charge in [-0.25, -0.2) is 0 Å². The monoisotopic (exact) mass is 175 g/mol. The van der Waals surface area contributed by atoms with Crippen molar-refractivity contribution in [2.75, 3.05) is 13.6 Å². The minimum absolute atomic E-state index is 0.0892. The van der Waals surface area contributed by atoms with Gasteiger partial charge in [-0.05, 0) is 46.8 Å². The van der Waals surface area contributed by atoms with E-state index in [1.54, 1.807) is 0 Å². The highest BCUT2D eigenvalue weighted by Gasteiger charge is 2.08. The largest absolute Gasteiger partial charge is 0.419 e. The molecule has 0 atom stereocenters. The quantitative estimate of drug-likeness (QED) is 0.495. The van der Waals surface area contributed by atoms with Crippen molar-refractivity contribution in [1.29, 1.82) is 0 Å². The minimum Gasteiger partial charge on any atom is -0.419 e. The lowest BCUT2D eigenvalue weighted by molar-refractivity contribution is 0.138. The summed E-state index contributed by atoms with van der Waals surface area (Å²) in [6, 6.07) is 1.29. The third-order valence-corrected chi connectivity index (χ3v) is 3.22. The van der Waals surface area contributed by atoms with Crippen LogP contribution >= 0.6 is 0 Å². The molecule has 0 amide bonds. The topological polar surface area (TPSA) is 21.3 Å². The lowest BCUT2D eigenvalue weighted by atomic mass is 10.2. The van der Waals surface area contributed by atoms with E-state index in [-0.39, 0.29) is 15.4 Å². The van der Waals surface area contributed by atoms with Crippen LogP contribution in [0, 0.1) is 0 Å². The zero-order valence-corrected chi connectivity index (χ0v) is 9.65. The Balaban J connectivity index is 3.02. The normalized spacial score (nSPS) is 13.1. The third-order valence-electron chi connectivity index (χ3n) is 1.36. The predicted molar refractivity (Wildman–Crippen MR) is 52.7 cm³/mol. The molecule has 1 N–H and O–H groups in total. The van der Waals surface area contributed by atoms with Gasteiger partial charge in [-0.15, -0.1) is 0 Å². The molecule has 2 nitrogen and oxygen atoms in total. The molecule has 0 aromatic carbocycles. The second-order valence-electron chi connectivity index (χ2n) is 3.77. The zero-order valence-electron chi connectivity index (χ0n) is 8.24. The highest BCUT2D eigenvalue weighted by atomic mass is 28.2. The van der Waals surface area contributed by atoms with E-state index in [2.05, 4.69) is 26.1 Å². The molecular formula is C8H21NOSi. The first-order valence-electron chi connectivity index (χ1n) is 4.35. The van der Waals surface area contributed by atoms with Crippen LogP contribution in [0.3, 0.4) is 0 Å². The maximum absolute atomic E-state index is 5.69. The van der Waals surface area contributed by atoms with Crippen molar-refractivity contribution in [3.63, 3.8) is 0 Å². The fraction of sp³-hybridized carbons (Fsp3) is 1.00. The van der Waals surface area contributed by atoms with Gasteiger partial charge in [0.05, 0.1) is 0 Å². The summed E-state index contributed by atoms with van der Waals surface area (Å²) in [6.07, 6.45) is 1.26. The fourth-order valence-corrected chi connectivity index (χ4v) is 1.99. The first-order chi connectivity index (χ1) is 5.06. The van der Waals surface area contributed by atoms with Crippen molar-refractivity contribution in [3.05, 3.63) is 0 Å².